The summed E-state index contributed by atoms with van der Waals surface area (Å²) in [5.41, 5.74) is 0. The third kappa shape index (κ3) is 5.49. The van der Waals surface area contributed by atoms with Crippen LogP contribution in [0.5, 0.6) is 5.75 Å². The Bertz CT molecular complexity index is 526. The number of rotatable bonds is 10. The molecule has 0 saturated heterocycles. The van der Waals surface area contributed by atoms with Crippen molar-refractivity contribution in [2.45, 2.75) is 18.2 Å². The van der Waals surface area contributed by atoms with E-state index >= 15 is 0 Å². The lowest BCUT2D eigenvalue weighted by molar-refractivity contribution is 0.314. The van der Waals surface area contributed by atoms with Crippen molar-refractivity contribution >= 4 is 10.0 Å². The quantitative estimate of drug-likeness (QED) is 0.529. The molecule has 0 atom stereocenters. The summed E-state index contributed by atoms with van der Waals surface area (Å²) in [4.78, 5) is 0.253. The fourth-order valence-corrected chi connectivity index (χ4v) is 2.85. The molecule has 5 nitrogen and oxygen atoms in total. The van der Waals surface area contributed by atoms with E-state index < -0.39 is 10.0 Å². The van der Waals surface area contributed by atoms with Crippen LogP contribution >= 0.6 is 0 Å². The second-order valence-corrected chi connectivity index (χ2v) is 6.69. The second-order valence-electron chi connectivity index (χ2n) is 4.64. The van der Waals surface area contributed by atoms with Crippen LogP contribution < -0.4 is 10.1 Å². The Morgan fingerprint density at radius 3 is 2.52 bits per heavy atom. The molecular formula is C15H24N2O3S. The van der Waals surface area contributed by atoms with E-state index in [1.807, 2.05) is 0 Å². The number of benzene rings is 1. The van der Waals surface area contributed by atoms with E-state index in [4.69, 9.17) is 4.74 Å². The minimum atomic E-state index is -3.46. The number of hydrogen-bond donors (Lipinski definition) is 1. The standard InChI is InChI=1S/C15H24N2O3S/c1-4-10-16-11-13-20-14-6-8-15(9-7-14)21(18,19)17(3)12-5-2/h5-9,16H,2,4,10-13H2,1,3H3. The van der Waals surface area contributed by atoms with Gasteiger partial charge in [-0.1, -0.05) is 13.0 Å². The van der Waals surface area contributed by atoms with Crippen molar-refractivity contribution in [2.24, 2.45) is 0 Å². The van der Waals surface area contributed by atoms with Crippen LogP contribution in [-0.4, -0.2) is 46.0 Å². The van der Waals surface area contributed by atoms with Gasteiger partial charge in [0.15, 0.2) is 0 Å². The van der Waals surface area contributed by atoms with Gasteiger partial charge in [-0.05, 0) is 37.2 Å². The lowest BCUT2D eigenvalue weighted by atomic mass is 10.3. The van der Waals surface area contributed by atoms with Crippen molar-refractivity contribution in [1.29, 1.82) is 0 Å². The Labute approximate surface area is 127 Å². The van der Waals surface area contributed by atoms with E-state index in [1.54, 1.807) is 30.3 Å². The molecule has 118 valence electrons. The Morgan fingerprint density at radius 1 is 1.29 bits per heavy atom. The van der Waals surface area contributed by atoms with Crippen molar-refractivity contribution in [2.75, 3.05) is 33.3 Å². The number of nitrogens with zero attached hydrogens (tertiary/aromatic N) is 1. The predicted octanol–water partition coefficient (Wildman–Crippen LogP) is 1.87. The topological polar surface area (TPSA) is 58.6 Å². The maximum absolute atomic E-state index is 12.2. The van der Waals surface area contributed by atoms with Gasteiger partial charge < -0.3 is 10.1 Å². The summed E-state index contributed by atoms with van der Waals surface area (Å²) in [5.74, 6) is 0.665. The first kappa shape index (κ1) is 17.7. The summed E-state index contributed by atoms with van der Waals surface area (Å²) in [6.45, 7) is 8.23. The van der Waals surface area contributed by atoms with Crippen LogP contribution in [0.4, 0.5) is 0 Å². The molecule has 1 rings (SSSR count). The zero-order valence-electron chi connectivity index (χ0n) is 12.7. The number of sulfonamides is 1. The smallest absolute Gasteiger partial charge is 0.243 e. The van der Waals surface area contributed by atoms with Crippen molar-refractivity contribution in [3.05, 3.63) is 36.9 Å². The first-order chi connectivity index (χ1) is 10.0. The molecule has 0 heterocycles. The Balaban J connectivity index is 2.59. The molecule has 0 aliphatic rings. The molecule has 1 N–H and O–H groups in total. The third-order valence-electron chi connectivity index (χ3n) is 2.89. The van der Waals surface area contributed by atoms with Crippen LogP contribution in [0.1, 0.15) is 13.3 Å². The van der Waals surface area contributed by atoms with Gasteiger partial charge in [0.05, 0.1) is 4.90 Å². The van der Waals surface area contributed by atoms with E-state index in [2.05, 4.69) is 18.8 Å². The summed E-state index contributed by atoms with van der Waals surface area (Å²) in [6, 6.07) is 6.47. The number of ether oxygens (including phenoxy) is 1. The first-order valence-electron chi connectivity index (χ1n) is 7.03. The maximum Gasteiger partial charge on any atom is 0.243 e. The minimum Gasteiger partial charge on any atom is -0.492 e. The lowest BCUT2D eigenvalue weighted by Gasteiger charge is -2.15. The third-order valence-corrected chi connectivity index (χ3v) is 4.73. The molecule has 0 bridgehead atoms. The van der Waals surface area contributed by atoms with Crippen LogP contribution in [0.25, 0.3) is 0 Å². The summed E-state index contributed by atoms with van der Waals surface area (Å²) in [6.07, 6.45) is 2.64. The van der Waals surface area contributed by atoms with Gasteiger partial charge in [0, 0.05) is 20.1 Å². The molecule has 6 heteroatoms. The maximum atomic E-state index is 12.2. The van der Waals surface area contributed by atoms with E-state index in [-0.39, 0.29) is 11.4 Å². The fraction of sp³-hybridized carbons (Fsp3) is 0.467. The van der Waals surface area contributed by atoms with Gasteiger partial charge in [-0.3, -0.25) is 0 Å². The predicted molar refractivity (Wildman–Crippen MR) is 85.1 cm³/mol. The van der Waals surface area contributed by atoms with Gasteiger partial charge in [-0.2, -0.15) is 4.31 Å². The molecule has 0 aromatic heterocycles. The monoisotopic (exact) mass is 312 g/mol. The van der Waals surface area contributed by atoms with Gasteiger partial charge in [-0.25, -0.2) is 8.42 Å². The molecule has 0 unspecified atom stereocenters. The molecule has 0 radical (unpaired) electrons. The van der Waals surface area contributed by atoms with E-state index in [0.29, 0.717) is 12.4 Å². The zero-order chi connectivity index (χ0) is 15.7. The largest absolute Gasteiger partial charge is 0.492 e. The van der Waals surface area contributed by atoms with Gasteiger partial charge in [0.25, 0.3) is 0 Å². The highest BCUT2D eigenvalue weighted by Crippen LogP contribution is 2.18. The summed E-state index contributed by atoms with van der Waals surface area (Å²) in [7, 11) is -1.93. The van der Waals surface area contributed by atoms with Crippen molar-refractivity contribution in [3.8, 4) is 5.75 Å². The summed E-state index contributed by atoms with van der Waals surface area (Å²) >= 11 is 0. The zero-order valence-corrected chi connectivity index (χ0v) is 13.5. The minimum absolute atomic E-state index is 0.253. The molecule has 1 aromatic rings. The van der Waals surface area contributed by atoms with E-state index in [9.17, 15) is 8.42 Å². The van der Waals surface area contributed by atoms with E-state index in [0.717, 1.165) is 19.5 Å². The molecule has 0 aliphatic heterocycles. The highest BCUT2D eigenvalue weighted by Gasteiger charge is 2.19. The van der Waals surface area contributed by atoms with E-state index in [1.165, 1.54) is 11.4 Å². The van der Waals surface area contributed by atoms with Crippen LogP contribution in [0.3, 0.4) is 0 Å². The molecular weight excluding hydrogens is 288 g/mol. The molecule has 0 aliphatic carbocycles. The molecule has 1 aromatic carbocycles. The van der Waals surface area contributed by atoms with Crippen molar-refractivity contribution in [1.82, 2.24) is 9.62 Å². The lowest BCUT2D eigenvalue weighted by Crippen LogP contribution is -2.26. The number of hydrogen-bond acceptors (Lipinski definition) is 4. The molecule has 21 heavy (non-hydrogen) atoms. The molecule has 0 amide bonds. The second kappa shape index (κ2) is 8.81. The van der Waals surface area contributed by atoms with Gasteiger partial charge in [-0.15, -0.1) is 6.58 Å². The summed E-state index contributed by atoms with van der Waals surface area (Å²) < 4.78 is 31.2. The van der Waals surface area contributed by atoms with Crippen LogP contribution in [-0.2, 0) is 10.0 Å². The Morgan fingerprint density at radius 2 is 1.95 bits per heavy atom. The van der Waals surface area contributed by atoms with Gasteiger partial charge >= 0.3 is 0 Å². The Kier molecular flexibility index (Phi) is 7.42. The Hall–Kier alpha value is -1.37. The van der Waals surface area contributed by atoms with Crippen LogP contribution in [0.2, 0.25) is 0 Å². The van der Waals surface area contributed by atoms with Crippen molar-refractivity contribution in [3.63, 3.8) is 0 Å². The fourth-order valence-electron chi connectivity index (χ4n) is 1.71. The normalized spacial score (nSPS) is 11.6. The van der Waals surface area contributed by atoms with Crippen LogP contribution in [0.15, 0.2) is 41.8 Å². The number of likely N-dealkylation sites (N-methyl/N-ethyl adjacent to an activating group) is 1. The SMILES string of the molecule is C=CCN(C)S(=O)(=O)c1ccc(OCCNCCC)cc1. The van der Waals surface area contributed by atoms with Crippen molar-refractivity contribution < 1.29 is 13.2 Å². The first-order valence-corrected chi connectivity index (χ1v) is 8.47. The molecule has 0 fully saturated rings. The molecule has 0 saturated carbocycles. The highest BCUT2D eigenvalue weighted by molar-refractivity contribution is 7.89. The van der Waals surface area contributed by atoms with Gasteiger partial charge in [0.1, 0.15) is 12.4 Å². The average Bonchev–Trinajstić information content (AvgIpc) is 2.48. The highest BCUT2D eigenvalue weighted by atomic mass is 32.2. The number of nitrogens with one attached hydrogen (secondary N) is 1. The summed E-state index contributed by atoms with van der Waals surface area (Å²) in [5, 5.41) is 3.23. The van der Waals surface area contributed by atoms with Crippen LogP contribution in [0, 0.1) is 0 Å². The average molecular weight is 312 g/mol. The van der Waals surface area contributed by atoms with Gasteiger partial charge in [0.2, 0.25) is 10.0 Å². The molecule has 0 spiro atoms.